The Balaban J connectivity index is 1.17. The third-order valence-corrected chi connectivity index (χ3v) is 5.13. The largest absolute Gasteiger partial charge is 0.460 e. The minimum Gasteiger partial charge on any atom is -0.460 e. The van der Waals surface area contributed by atoms with Crippen LogP contribution in [0.15, 0.2) is 36.7 Å². The van der Waals surface area contributed by atoms with Crippen LogP contribution in [0.5, 0.6) is 17.5 Å². The predicted octanol–water partition coefficient (Wildman–Crippen LogP) is 2.02. The number of ether oxygens (including phenoxy) is 4. The highest BCUT2D eigenvalue weighted by Crippen LogP contribution is 2.37. The molecule has 5 rings (SSSR count). The van der Waals surface area contributed by atoms with Crippen molar-refractivity contribution in [3.05, 3.63) is 42.2 Å². The van der Waals surface area contributed by atoms with E-state index in [1.807, 2.05) is 6.07 Å². The molecule has 3 aliphatic heterocycles. The van der Waals surface area contributed by atoms with Crippen molar-refractivity contribution in [3.63, 3.8) is 0 Å². The van der Waals surface area contributed by atoms with Crippen molar-refractivity contribution in [2.45, 2.75) is 31.1 Å². The Labute approximate surface area is 151 Å². The van der Waals surface area contributed by atoms with Gasteiger partial charge in [0.05, 0.1) is 12.2 Å². The van der Waals surface area contributed by atoms with Gasteiger partial charge in [-0.1, -0.05) is 6.07 Å². The third kappa shape index (κ3) is 3.08. The molecule has 2 saturated heterocycles. The van der Waals surface area contributed by atoms with Crippen molar-refractivity contribution in [3.8, 4) is 17.5 Å². The number of fused-ring (bicyclic) bond motifs is 1. The minimum absolute atomic E-state index is 0.103. The molecule has 1 aromatic carbocycles. The van der Waals surface area contributed by atoms with E-state index < -0.39 is 0 Å². The van der Waals surface area contributed by atoms with Gasteiger partial charge in [0, 0.05) is 44.9 Å². The van der Waals surface area contributed by atoms with Gasteiger partial charge in [-0.2, -0.15) is 0 Å². The van der Waals surface area contributed by atoms with Gasteiger partial charge in [0.1, 0.15) is 6.10 Å². The van der Waals surface area contributed by atoms with Crippen LogP contribution < -0.4 is 14.2 Å². The van der Waals surface area contributed by atoms with E-state index in [1.165, 1.54) is 5.56 Å². The smallest absolute Gasteiger partial charge is 0.316 e. The van der Waals surface area contributed by atoms with Gasteiger partial charge in [0.25, 0.3) is 0 Å². The summed E-state index contributed by atoms with van der Waals surface area (Å²) in [6.07, 6.45) is 5.27. The Morgan fingerprint density at radius 1 is 1.15 bits per heavy atom. The standard InChI is InChI=1S/C19H21N3O4/c1-5-20-18(21-6-1)26-15-4-7-25-19(9-15)11-22(12-19)10-14-2-3-16-17(8-14)24-13-23-16/h1-3,5-6,8,15H,4,7,9-13H2. The number of likely N-dealkylation sites (tertiary alicyclic amines) is 1. The first-order valence-electron chi connectivity index (χ1n) is 8.97. The summed E-state index contributed by atoms with van der Waals surface area (Å²) in [6, 6.07) is 8.38. The Hall–Kier alpha value is -2.38. The Morgan fingerprint density at radius 3 is 2.88 bits per heavy atom. The number of benzene rings is 1. The fourth-order valence-corrected chi connectivity index (χ4v) is 3.98. The lowest BCUT2D eigenvalue weighted by atomic mass is 9.84. The lowest BCUT2D eigenvalue weighted by Crippen LogP contribution is -2.65. The highest BCUT2D eigenvalue weighted by Gasteiger charge is 2.48. The molecule has 3 aliphatic rings. The first kappa shape index (κ1) is 15.8. The van der Waals surface area contributed by atoms with Crippen LogP contribution in [0.3, 0.4) is 0 Å². The molecule has 136 valence electrons. The van der Waals surface area contributed by atoms with Crippen LogP contribution in [0.1, 0.15) is 18.4 Å². The molecule has 0 bridgehead atoms. The Kier molecular flexibility index (Phi) is 3.90. The normalized spacial score (nSPS) is 23.6. The first-order valence-corrected chi connectivity index (χ1v) is 8.97. The Morgan fingerprint density at radius 2 is 2.00 bits per heavy atom. The van der Waals surface area contributed by atoms with E-state index in [4.69, 9.17) is 18.9 Å². The van der Waals surface area contributed by atoms with Crippen LogP contribution in [-0.2, 0) is 11.3 Å². The van der Waals surface area contributed by atoms with E-state index in [1.54, 1.807) is 18.5 Å². The van der Waals surface area contributed by atoms with Crippen LogP contribution in [0, 0.1) is 0 Å². The summed E-state index contributed by atoms with van der Waals surface area (Å²) < 4.78 is 22.9. The lowest BCUT2D eigenvalue weighted by Gasteiger charge is -2.53. The highest BCUT2D eigenvalue weighted by atomic mass is 16.7. The Bertz CT molecular complexity index is 780. The molecule has 0 amide bonds. The molecule has 7 heteroatoms. The fourth-order valence-electron chi connectivity index (χ4n) is 3.98. The molecule has 1 spiro atoms. The summed E-state index contributed by atoms with van der Waals surface area (Å²) >= 11 is 0. The van der Waals surface area contributed by atoms with Gasteiger partial charge in [-0.25, -0.2) is 9.97 Å². The van der Waals surface area contributed by atoms with Gasteiger partial charge in [-0.05, 0) is 23.8 Å². The number of rotatable bonds is 4. The molecule has 0 radical (unpaired) electrons. The molecule has 4 heterocycles. The molecule has 2 fully saturated rings. The van der Waals surface area contributed by atoms with Crippen LogP contribution in [0.4, 0.5) is 0 Å². The zero-order valence-corrected chi connectivity index (χ0v) is 14.5. The van der Waals surface area contributed by atoms with Gasteiger partial charge in [-0.3, -0.25) is 4.90 Å². The van der Waals surface area contributed by atoms with Gasteiger partial charge >= 0.3 is 6.01 Å². The van der Waals surface area contributed by atoms with E-state index in [0.717, 1.165) is 50.6 Å². The lowest BCUT2D eigenvalue weighted by molar-refractivity contribution is -0.188. The summed E-state index contributed by atoms with van der Waals surface area (Å²) in [4.78, 5) is 10.7. The van der Waals surface area contributed by atoms with E-state index in [0.29, 0.717) is 12.8 Å². The van der Waals surface area contributed by atoms with Crippen LogP contribution >= 0.6 is 0 Å². The maximum Gasteiger partial charge on any atom is 0.316 e. The summed E-state index contributed by atoms with van der Waals surface area (Å²) in [6.45, 7) is 3.74. The van der Waals surface area contributed by atoms with E-state index in [-0.39, 0.29) is 11.7 Å². The maximum absolute atomic E-state index is 6.10. The first-order chi connectivity index (χ1) is 12.8. The highest BCUT2D eigenvalue weighted by molar-refractivity contribution is 5.44. The second-order valence-electron chi connectivity index (χ2n) is 7.13. The zero-order valence-electron chi connectivity index (χ0n) is 14.5. The van der Waals surface area contributed by atoms with E-state index in [9.17, 15) is 0 Å². The minimum atomic E-state index is -0.103. The summed E-state index contributed by atoms with van der Waals surface area (Å²) in [5.41, 5.74) is 1.12. The van der Waals surface area contributed by atoms with Crippen molar-refractivity contribution in [2.75, 3.05) is 26.5 Å². The average Bonchev–Trinajstić information content (AvgIpc) is 3.09. The number of hydrogen-bond donors (Lipinski definition) is 0. The molecule has 1 aromatic heterocycles. The second kappa shape index (κ2) is 6.41. The SMILES string of the molecule is c1cnc(OC2CCOC3(C2)CN(Cc2ccc4c(c2)OCO4)C3)nc1. The van der Waals surface area contributed by atoms with E-state index in [2.05, 4.69) is 27.0 Å². The molecule has 1 unspecified atom stereocenters. The quantitative estimate of drug-likeness (QED) is 0.831. The average molecular weight is 355 g/mol. The fraction of sp³-hybridized carbons (Fsp3) is 0.474. The monoisotopic (exact) mass is 355 g/mol. The van der Waals surface area contributed by atoms with Gasteiger partial charge in [0.2, 0.25) is 6.79 Å². The zero-order chi connectivity index (χ0) is 17.4. The predicted molar refractivity (Wildman–Crippen MR) is 92.2 cm³/mol. The van der Waals surface area contributed by atoms with Gasteiger partial charge in [-0.15, -0.1) is 0 Å². The van der Waals surface area contributed by atoms with Crippen molar-refractivity contribution >= 4 is 0 Å². The van der Waals surface area contributed by atoms with Crippen LogP contribution in [0.25, 0.3) is 0 Å². The maximum atomic E-state index is 6.10. The molecule has 26 heavy (non-hydrogen) atoms. The van der Waals surface area contributed by atoms with Crippen molar-refractivity contribution in [1.29, 1.82) is 0 Å². The number of nitrogens with zero attached hydrogens (tertiary/aromatic N) is 3. The van der Waals surface area contributed by atoms with E-state index >= 15 is 0 Å². The van der Waals surface area contributed by atoms with Crippen LogP contribution in [-0.4, -0.2) is 53.1 Å². The molecule has 7 nitrogen and oxygen atoms in total. The van der Waals surface area contributed by atoms with Crippen molar-refractivity contribution in [2.24, 2.45) is 0 Å². The molecular weight excluding hydrogens is 334 g/mol. The number of hydrogen-bond acceptors (Lipinski definition) is 7. The molecule has 0 saturated carbocycles. The second-order valence-corrected chi connectivity index (χ2v) is 7.13. The molecule has 2 aromatic rings. The molecule has 0 aliphatic carbocycles. The summed E-state index contributed by atoms with van der Waals surface area (Å²) in [5.74, 6) is 1.66. The molecule has 0 N–H and O–H groups in total. The van der Waals surface area contributed by atoms with Gasteiger partial charge in [0.15, 0.2) is 11.5 Å². The van der Waals surface area contributed by atoms with Gasteiger partial charge < -0.3 is 18.9 Å². The topological polar surface area (TPSA) is 65.9 Å². The molecular formula is C19H21N3O4. The molecule has 1 atom stereocenters. The van der Waals surface area contributed by atoms with Crippen molar-refractivity contribution in [1.82, 2.24) is 14.9 Å². The summed E-state index contributed by atoms with van der Waals surface area (Å²) in [7, 11) is 0. The number of aromatic nitrogens is 2. The summed E-state index contributed by atoms with van der Waals surface area (Å²) in [5, 5.41) is 0. The van der Waals surface area contributed by atoms with Crippen molar-refractivity contribution < 1.29 is 18.9 Å². The third-order valence-electron chi connectivity index (χ3n) is 5.13. The van der Waals surface area contributed by atoms with Crippen LogP contribution in [0.2, 0.25) is 0 Å².